The SMILES string of the molecule is CC(C)(C)OC(=O)NC1C2CCOC2C1NCc1ccc([N+](=O)[O-])o1. The highest BCUT2D eigenvalue weighted by atomic mass is 16.6. The number of carbonyl (C=O) groups excluding carboxylic acids is 1. The van der Waals surface area contributed by atoms with Gasteiger partial charge in [-0.2, -0.15) is 0 Å². The van der Waals surface area contributed by atoms with E-state index in [9.17, 15) is 14.9 Å². The third-order valence-electron chi connectivity index (χ3n) is 4.41. The first-order chi connectivity index (χ1) is 11.7. The van der Waals surface area contributed by atoms with Crippen LogP contribution < -0.4 is 10.6 Å². The van der Waals surface area contributed by atoms with E-state index in [1.54, 1.807) is 6.07 Å². The molecule has 2 N–H and O–H groups in total. The molecule has 9 heteroatoms. The molecule has 25 heavy (non-hydrogen) atoms. The molecular formula is C16H23N3O6. The van der Waals surface area contributed by atoms with Gasteiger partial charge in [0.1, 0.15) is 16.3 Å². The van der Waals surface area contributed by atoms with E-state index in [2.05, 4.69) is 10.6 Å². The van der Waals surface area contributed by atoms with E-state index < -0.39 is 16.6 Å². The number of rotatable bonds is 5. The predicted molar refractivity (Wildman–Crippen MR) is 87.0 cm³/mol. The molecule has 0 radical (unpaired) electrons. The van der Waals surface area contributed by atoms with Crippen molar-refractivity contribution in [3.63, 3.8) is 0 Å². The summed E-state index contributed by atoms with van der Waals surface area (Å²) in [5.41, 5.74) is -0.560. The zero-order valence-electron chi connectivity index (χ0n) is 14.5. The number of nitrogens with one attached hydrogen (secondary N) is 2. The molecule has 1 aromatic heterocycles. The summed E-state index contributed by atoms with van der Waals surface area (Å²) in [5.74, 6) is 0.420. The molecule has 0 aromatic carbocycles. The molecule has 9 nitrogen and oxygen atoms in total. The minimum absolute atomic E-state index is 0.0184. The summed E-state index contributed by atoms with van der Waals surface area (Å²) in [7, 11) is 0. The first-order valence-electron chi connectivity index (χ1n) is 8.32. The first-order valence-corrected chi connectivity index (χ1v) is 8.32. The van der Waals surface area contributed by atoms with E-state index in [1.807, 2.05) is 20.8 Å². The number of furan rings is 1. The van der Waals surface area contributed by atoms with Crippen molar-refractivity contribution >= 4 is 12.0 Å². The van der Waals surface area contributed by atoms with Gasteiger partial charge in [0, 0.05) is 12.5 Å². The molecule has 138 valence electrons. The van der Waals surface area contributed by atoms with Gasteiger partial charge in [0.25, 0.3) is 0 Å². The molecule has 0 spiro atoms. The Kier molecular flexibility index (Phi) is 4.70. The lowest BCUT2D eigenvalue weighted by Gasteiger charge is -2.48. The number of ether oxygens (including phenoxy) is 2. The van der Waals surface area contributed by atoms with Gasteiger partial charge in [0.2, 0.25) is 0 Å². The molecule has 2 aliphatic rings. The fraction of sp³-hybridized carbons (Fsp3) is 0.688. The normalized spacial score (nSPS) is 28.1. The molecular weight excluding hydrogens is 330 g/mol. The third-order valence-corrected chi connectivity index (χ3v) is 4.41. The molecule has 1 saturated carbocycles. The van der Waals surface area contributed by atoms with E-state index in [4.69, 9.17) is 13.9 Å². The number of hydrogen-bond acceptors (Lipinski definition) is 7. The third kappa shape index (κ3) is 3.93. The van der Waals surface area contributed by atoms with Crippen LogP contribution in [0.25, 0.3) is 0 Å². The van der Waals surface area contributed by atoms with Crippen LogP contribution in [-0.2, 0) is 16.0 Å². The van der Waals surface area contributed by atoms with E-state index in [1.165, 1.54) is 6.07 Å². The second-order valence-electron chi connectivity index (χ2n) is 7.36. The minimum Gasteiger partial charge on any atom is -0.444 e. The molecule has 1 aromatic rings. The standard InChI is InChI=1S/C16H23N3O6/c1-16(2,3)25-15(20)18-12-10-6-7-23-14(10)13(12)17-8-9-4-5-11(24-9)19(21)22/h4-5,10,12-14,17H,6-8H2,1-3H3,(H,18,20). The molecule has 2 fully saturated rings. The van der Waals surface area contributed by atoms with E-state index in [0.29, 0.717) is 18.9 Å². The molecule has 2 heterocycles. The summed E-state index contributed by atoms with van der Waals surface area (Å²) < 4.78 is 16.2. The van der Waals surface area contributed by atoms with Crippen LogP contribution in [0.3, 0.4) is 0 Å². The van der Waals surface area contributed by atoms with Crippen molar-refractivity contribution in [2.45, 2.75) is 57.5 Å². The summed E-state index contributed by atoms with van der Waals surface area (Å²) in [6.07, 6.45) is 0.448. The Morgan fingerprint density at radius 3 is 2.80 bits per heavy atom. The van der Waals surface area contributed by atoms with Gasteiger partial charge in [-0.05, 0) is 33.3 Å². The number of nitro groups is 1. The fourth-order valence-corrected chi connectivity index (χ4v) is 3.37. The van der Waals surface area contributed by atoms with Crippen molar-refractivity contribution in [2.75, 3.05) is 6.61 Å². The number of carbonyl (C=O) groups is 1. The Morgan fingerprint density at radius 1 is 1.40 bits per heavy atom. The topological polar surface area (TPSA) is 116 Å². The maximum Gasteiger partial charge on any atom is 0.433 e. The van der Waals surface area contributed by atoms with Crippen molar-refractivity contribution in [1.82, 2.24) is 10.6 Å². The summed E-state index contributed by atoms with van der Waals surface area (Å²) in [6.45, 7) is 6.42. The molecule has 0 bridgehead atoms. The Morgan fingerprint density at radius 2 is 2.16 bits per heavy atom. The zero-order chi connectivity index (χ0) is 18.2. The average molecular weight is 353 g/mol. The fourth-order valence-electron chi connectivity index (χ4n) is 3.37. The van der Waals surface area contributed by atoms with E-state index in [0.717, 1.165) is 6.42 Å². The van der Waals surface area contributed by atoms with Crippen LogP contribution in [0.15, 0.2) is 16.5 Å². The molecule has 1 aliphatic heterocycles. The van der Waals surface area contributed by atoms with Crippen molar-refractivity contribution in [3.8, 4) is 0 Å². The lowest BCUT2D eigenvalue weighted by molar-refractivity contribution is -0.402. The number of nitrogens with zero attached hydrogens (tertiary/aromatic N) is 1. The lowest BCUT2D eigenvalue weighted by Crippen LogP contribution is -2.70. The van der Waals surface area contributed by atoms with Crippen molar-refractivity contribution in [2.24, 2.45) is 5.92 Å². The van der Waals surface area contributed by atoms with Crippen LogP contribution in [0.2, 0.25) is 0 Å². The summed E-state index contributed by atoms with van der Waals surface area (Å²) >= 11 is 0. The highest BCUT2D eigenvalue weighted by Gasteiger charge is 2.54. The maximum absolute atomic E-state index is 12.1. The van der Waals surface area contributed by atoms with Crippen molar-refractivity contribution in [3.05, 3.63) is 28.0 Å². The van der Waals surface area contributed by atoms with Crippen molar-refractivity contribution < 1.29 is 23.6 Å². The minimum atomic E-state index is -0.574. The van der Waals surface area contributed by atoms with Gasteiger partial charge in [-0.3, -0.25) is 10.1 Å². The number of amides is 1. The first kappa shape index (κ1) is 17.7. The van der Waals surface area contributed by atoms with Crippen molar-refractivity contribution in [1.29, 1.82) is 0 Å². The van der Waals surface area contributed by atoms with Crippen LogP contribution in [0.4, 0.5) is 10.7 Å². The zero-order valence-corrected chi connectivity index (χ0v) is 14.5. The molecule has 3 rings (SSSR count). The summed E-state index contributed by atoms with van der Waals surface area (Å²) in [6, 6.07) is 2.69. The second-order valence-corrected chi connectivity index (χ2v) is 7.36. The van der Waals surface area contributed by atoms with Gasteiger partial charge in [-0.25, -0.2) is 4.79 Å². The van der Waals surface area contributed by atoms with Crippen LogP contribution in [0, 0.1) is 16.0 Å². The van der Waals surface area contributed by atoms with Gasteiger partial charge < -0.3 is 24.5 Å². The molecule has 1 saturated heterocycles. The Balaban J connectivity index is 1.58. The van der Waals surface area contributed by atoms with Crippen LogP contribution in [0.1, 0.15) is 33.0 Å². The van der Waals surface area contributed by atoms with Gasteiger partial charge in [0.15, 0.2) is 0 Å². The van der Waals surface area contributed by atoms with E-state index in [-0.39, 0.29) is 30.0 Å². The van der Waals surface area contributed by atoms with Gasteiger partial charge in [-0.1, -0.05) is 0 Å². The Hall–Kier alpha value is -2.13. The monoisotopic (exact) mass is 353 g/mol. The number of fused-ring (bicyclic) bond motifs is 1. The summed E-state index contributed by atoms with van der Waals surface area (Å²) in [4.78, 5) is 22.1. The number of alkyl carbamates (subject to hydrolysis) is 1. The number of hydrogen-bond donors (Lipinski definition) is 2. The molecule has 4 atom stereocenters. The average Bonchev–Trinajstić information content (AvgIpc) is 3.11. The summed E-state index contributed by atoms with van der Waals surface area (Å²) in [5, 5.41) is 16.8. The molecule has 1 aliphatic carbocycles. The highest BCUT2D eigenvalue weighted by molar-refractivity contribution is 5.68. The predicted octanol–water partition coefficient (Wildman–Crippen LogP) is 1.96. The largest absolute Gasteiger partial charge is 0.444 e. The lowest BCUT2D eigenvalue weighted by atomic mass is 9.71. The second kappa shape index (κ2) is 6.64. The molecule has 1 amide bonds. The Bertz CT molecular complexity index is 653. The molecule has 4 unspecified atom stereocenters. The van der Waals surface area contributed by atoms with Gasteiger partial charge in [0.05, 0.1) is 30.8 Å². The maximum atomic E-state index is 12.1. The van der Waals surface area contributed by atoms with Crippen LogP contribution in [0.5, 0.6) is 0 Å². The smallest absolute Gasteiger partial charge is 0.433 e. The van der Waals surface area contributed by atoms with Gasteiger partial charge in [-0.15, -0.1) is 0 Å². The van der Waals surface area contributed by atoms with Crippen LogP contribution >= 0.6 is 0 Å². The quantitative estimate of drug-likeness (QED) is 0.614. The van der Waals surface area contributed by atoms with Crippen LogP contribution in [-0.4, -0.2) is 41.4 Å². The Labute approximate surface area is 145 Å². The highest BCUT2D eigenvalue weighted by Crippen LogP contribution is 2.39. The van der Waals surface area contributed by atoms with E-state index >= 15 is 0 Å². The van der Waals surface area contributed by atoms with Gasteiger partial charge >= 0.3 is 12.0 Å².